The molecule has 0 aromatic rings. The van der Waals surface area contributed by atoms with E-state index >= 15 is 0 Å². The second-order valence-electron chi connectivity index (χ2n) is 5.21. The number of halogens is 1. The highest BCUT2D eigenvalue weighted by atomic mass is 79.9. The van der Waals surface area contributed by atoms with Crippen LogP contribution in [0.3, 0.4) is 0 Å². The Bertz CT molecular complexity index is 291. The van der Waals surface area contributed by atoms with Crippen molar-refractivity contribution in [3.63, 3.8) is 0 Å². The maximum atomic E-state index is 11.5. The maximum Gasteiger partial charge on any atom is 0.326 e. The Kier molecular flexibility index (Phi) is 5.61. The molecule has 0 bridgehead atoms. The van der Waals surface area contributed by atoms with Crippen molar-refractivity contribution in [1.82, 2.24) is 0 Å². The highest BCUT2D eigenvalue weighted by molar-refractivity contribution is 9.10. The predicted molar refractivity (Wildman–Crippen MR) is 67.8 cm³/mol. The van der Waals surface area contributed by atoms with Crippen LogP contribution in [0.2, 0.25) is 0 Å². The lowest BCUT2D eigenvalue weighted by Crippen LogP contribution is -2.42. The van der Waals surface area contributed by atoms with Crippen molar-refractivity contribution in [3.05, 3.63) is 0 Å². The molecule has 0 aliphatic heterocycles. The van der Waals surface area contributed by atoms with E-state index < -0.39 is 27.9 Å². The topological polar surface area (TPSA) is 78.6 Å². The quantitative estimate of drug-likeness (QED) is 0.627. The van der Waals surface area contributed by atoms with Crippen LogP contribution in [0.25, 0.3) is 0 Å². The number of esters is 2. The van der Waals surface area contributed by atoms with Gasteiger partial charge in [0.15, 0.2) is 0 Å². The summed E-state index contributed by atoms with van der Waals surface area (Å²) in [4.78, 5) is 22.9. The second kappa shape index (κ2) is 5.82. The largest absolute Gasteiger partial charge is 0.462 e. The molecule has 100 valence electrons. The summed E-state index contributed by atoms with van der Waals surface area (Å²) >= 11 is 3.15. The number of hydrogen-bond acceptors (Lipinski definition) is 5. The first-order chi connectivity index (χ1) is 7.43. The average Bonchev–Trinajstić information content (AvgIpc) is 2.08. The van der Waals surface area contributed by atoms with Gasteiger partial charge in [0, 0.05) is 0 Å². The molecule has 0 aliphatic rings. The molecule has 17 heavy (non-hydrogen) atoms. The molecule has 6 heteroatoms. The normalized spacial score (nSPS) is 14.1. The van der Waals surface area contributed by atoms with Crippen LogP contribution in [0.1, 0.15) is 34.6 Å². The highest BCUT2D eigenvalue weighted by Gasteiger charge is 2.28. The first kappa shape index (κ1) is 16.4. The van der Waals surface area contributed by atoms with Crippen molar-refractivity contribution < 1.29 is 19.1 Å². The van der Waals surface area contributed by atoms with E-state index in [1.807, 2.05) is 0 Å². The zero-order valence-corrected chi connectivity index (χ0v) is 12.5. The number of carbonyl (C=O) groups excluding carboxylic acids is 2. The third kappa shape index (κ3) is 7.33. The summed E-state index contributed by atoms with van der Waals surface area (Å²) in [5.74, 6) is -1.06. The fourth-order valence-corrected chi connectivity index (χ4v) is 0.897. The van der Waals surface area contributed by atoms with Crippen molar-refractivity contribution in [2.45, 2.75) is 50.6 Å². The Morgan fingerprint density at radius 3 is 2.06 bits per heavy atom. The number of hydrogen-bond donors (Lipinski definition) is 1. The fourth-order valence-electron chi connectivity index (χ4n) is 0.783. The lowest BCUT2D eigenvalue weighted by molar-refractivity contribution is -0.159. The van der Waals surface area contributed by atoms with Gasteiger partial charge in [-0.25, -0.2) is 0 Å². The smallest absolute Gasteiger partial charge is 0.326 e. The van der Waals surface area contributed by atoms with Gasteiger partial charge in [-0.05, 0) is 34.6 Å². The van der Waals surface area contributed by atoms with Gasteiger partial charge in [0.1, 0.15) is 22.6 Å². The molecular formula is C11H20BrNO4. The summed E-state index contributed by atoms with van der Waals surface area (Å²) in [6, 6.07) is -0.965. The fraction of sp³-hybridized carbons (Fsp3) is 0.818. The first-order valence-corrected chi connectivity index (χ1v) is 6.07. The summed E-state index contributed by atoms with van der Waals surface area (Å²) in [6.07, 6.45) is 0. The molecule has 0 radical (unpaired) electrons. The van der Waals surface area contributed by atoms with Crippen molar-refractivity contribution in [2.75, 3.05) is 6.61 Å². The van der Waals surface area contributed by atoms with Gasteiger partial charge in [0.25, 0.3) is 0 Å². The molecule has 0 aliphatic carbocycles. The minimum absolute atomic E-state index is 0.192. The third-order valence-corrected chi connectivity index (χ3v) is 1.91. The summed E-state index contributed by atoms with van der Waals surface area (Å²) in [5, 5.41) is 0. The van der Waals surface area contributed by atoms with Gasteiger partial charge in [-0.3, -0.25) is 9.59 Å². The van der Waals surface area contributed by atoms with Crippen LogP contribution in [0.4, 0.5) is 0 Å². The minimum atomic E-state index is -0.965. The molecule has 2 N–H and O–H groups in total. The number of nitrogens with two attached hydrogens (primary N) is 1. The number of rotatable bonds is 4. The maximum absolute atomic E-state index is 11.5. The molecule has 0 saturated carbocycles. The second-order valence-corrected chi connectivity index (χ2v) is 7.19. The SMILES string of the molecule is CC(C)(C)OC(=O)C(N)COC(=O)C(C)(C)Br. The Morgan fingerprint density at radius 1 is 1.24 bits per heavy atom. The molecule has 0 spiro atoms. The van der Waals surface area contributed by atoms with Crippen LogP contribution >= 0.6 is 15.9 Å². The molecule has 0 rings (SSSR count). The van der Waals surface area contributed by atoms with E-state index in [-0.39, 0.29) is 6.61 Å². The highest BCUT2D eigenvalue weighted by Crippen LogP contribution is 2.17. The van der Waals surface area contributed by atoms with E-state index in [0.29, 0.717) is 0 Å². The van der Waals surface area contributed by atoms with E-state index in [9.17, 15) is 9.59 Å². The molecule has 0 aromatic heterocycles. The zero-order chi connectivity index (χ0) is 13.9. The van der Waals surface area contributed by atoms with Crippen LogP contribution in [-0.2, 0) is 19.1 Å². The molecule has 0 heterocycles. The monoisotopic (exact) mass is 309 g/mol. The molecular weight excluding hydrogens is 290 g/mol. The minimum Gasteiger partial charge on any atom is -0.462 e. The van der Waals surface area contributed by atoms with Crippen LogP contribution in [0.5, 0.6) is 0 Å². The summed E-state index contributed by atoms with van der Waals surface area (Å²) in [7, 11) is 0. The molecule has 1 atom stereocenters. The van der Waals surface area contributed by atoms with E-state index in [4.69, 9.17) is 15.2 Å². The summed E-state index contributed by atoms with van der Waals surface area (Å²) < 4.78 is 9.15. The van der Waals surface area contributed by atoms with Gasteiger partial charge < -0.3 is 15.2 Å². The van der Waals surface area contributed by atoms with E-state index in [0.717, 1.165) is 0 Å². The van der Waals surface area contributed by atoms with E-state index in [1.165, 1.54) is 0 Å². The van der Waals surface area contributed by atoms with Gasteiger partial charge in [-0.15, -0.1) is 0 Å². The van der Waals surface area contributed by atoms with E-state index in [1.54, 1.807) is 34.6 Å². The standard InChI is InChI=1S/C11H20BrNO4/c1-10(2,3)17-8(14)7(13)6-16-9(15)11(4,5)12/h7H,6,13H2,1-5H3. The molecule has 0 aromatic carbocycles. The van der Waals surface area contributed by atoms with Crippen molar-refractivity contribution in [2.24, 2.45) is 5.73 Å². The lowest BCUT2D eigenvalue weighted by atomic mass is 10.2. The number of ether oxygens (including phenoxy) is 2. The number of carbonyl (C=O) groups is 2. The Hall–Kier alpha value is -0.620. The first-order valence-electron chi connectivity index (χ1n) is 5.28. The van der Waals surface area contributed by atoms with Gasteiger partial charge >= 0.3 is 11.9 Å². The van der Waals surface area contributed by atoms with Crippen molar-refractivity contribution in [1.29, 1.82) is 0 Å². The van der Waals surface area contributed by atoms with Crippen LogP contribution < -0.4 is 5.73 Å². The Balaban J connectivity index is 4.16. The lowest BCUT2D eigenvalue weighted by Gasteiger charge is -2.22. The molecule has 1 unspecified atom stereocenters. The predicted octanol–water partition coefficient (Wildman–Crippen LogP) is 1.37. The molecule has 0 saturated heterocycles. The van der Waals surface area contributed by atoms with Gasteiger partial charge in [-0.2, -0.15) is 0 Å². The van der Waals surface area contributed by atoms with Crippen molar-refractivity contribution >= 4 is 27.9 Å². The third-order valence-electron chi connectivity index (χ3n) is 1.59. The van der Waals surface area contributed by atoms with Crippen LogP contribution in [0, 0.1) is 0 Å². The Morgan fingerprint density at radius 2 is 1.71 bits per heavy atom. The molecule has 0 fully saturated rings. The van der Waals surface area contributed by atoms with Crippen LogP contribution in [-0.4, -0.2) is 34.5 Å². The average molecular weight is 310 g/mol. The van der Waals surface area contributed by atoms with Crippen LogP contribution in [0.15, 0.2) is 0 Å². The summed E-state index contributed by atoms with van der Waals surface area (Å²) in [5.41, 5.74) is 4.95. The van der Waals surface area contributed by atoms with Gasteiger partial charge in [-0.1, -0.05) is 15.9 Å². The van der Waals surface area contributed by atoms with E-state index in [2.05, 4.69) is 15.9 Å². The number of alkyl halides is 1. The summed E-state index contributed by atoms with van der Waals surface area (Å²) in [6.45, 7) is 8.33. The molecule has 0 amide bonds. The Labute approximate surface area is 110 Å². The van der Waals surface area contributed by atoms with Crippen molar-refractivity contribution in [3.8, 4) is 0 Å². The molecule has 5 nitrogen and oxygen atoms in total. The van der Waals surface area contributed by atoms with Gasteiger partial charge in [0.05, 0.1) is 0 Å². The van der Waals surface area contributed by atoms with Gasteiger partial charge in [0.2, 0.25) is 0 Å². The zero-order valence-electron chi connectivity index (χ0n) is 10.9.